The first-order valence-corrected chi connectivity index (χ1v) is 10.5. The molecule has 0 saturated carbocycles. The molecule has 0 radical (unpaired) electrons. The number of nitrogens with zero attached hydrogens (tertiary/aromatic N) is 3. The number of non-ortho nitro benzene ring substituents is 1. The van der Waals surface area contributed by atoms with Gasteiger partial charge in [0, 0.05) is 23.3 Å². The third-order valence-corrected chi connectivity index (χ3v) is 5.30. The van der Waals surface area contributed by atoms with Gasteiger partial charge in [-0.3, -0.25) is 15.1 Å². The monoisotopic (exact) mass is 437 g/mol. The number of nitro benzene ring substituents is 1. The fourth-order valence-electron chi connectivity index (χ4n) is 3.47. The summed E-state index contributed by atoms with van der Waals surface area (Å²) < 4.78 is 11.7. The van der Waals surface area contributed by atoms with E-state index in [1.165, 1.54) is 17.7 Å². The van der Waals surface area contributed by atoms with E-state index >= 15 is 0 Å². The quantitative estimate of drug-likeness (QED) is 0.162. The Morgan fingerprint density at radius 1 is 0.939 bits per heavy atom. The molecule has 2 heterocycles. The van der Waals surface area contributed by atoms with Crippen LogP contribution in [0.5, 0.6) is 0 Å². The molecule has 5 aromatic rings. The molecule has 5 rings (SSSR count). The number of oxazole rings is 1. The maximum atomic E-state index is 10.8. The number of rotatable bonds is 6. The summed E-state index contributed by atoms with van der Waals surface area (Å²) in [6.07, 6.45) is 2.59. The molecule has 0 N–H and O–H groups in total. The lowest BCUT2D eigenvalue weighted by Crippen LogP contribution is -1.86. The van der Waals surface area contributed by atoms with E-state index in [4.69, 9.17) is 8.83 Å². The molecular formula is C26H19N3O4. The normalized spacial score (nSPS) is 11.4. The first-order chi connectivity index (χ1) is 16.1. The van der Waals surface area contributed by atoms with Gasteiger partial charge < -0.3 is 8.83 Å². The van der Waals surface area contributed by atoms with E-state index in [9.17, 15) is 10.1 Å². The van der Waals surface area contributed by atoms with Gasteiger partial charge in [0.2, 0.25) is 5.89 Å². The first kappa shape index (κ1) is 20.4. The number of aromatic nitrogens is 1. The molecule has 7 nitrogen and oxygen atoms in total. The van der Waals surface area contributed by atoms with Crippen LogP contribution in [0, 0.1) is 10.1 Å². The molecule has 0 spiro atoms. The van der Waals surface area contributed by atoms with E-state index in [1.54, 1.807) is 24.4 Å². The summed E-state index contributed by atoms with van der Waals surface area (Å²) in [7, 11) is 0. The molecule has 0 atom stereocenters. The number of aryl methyl sites for hydroxylation is 1. The lowest BCUT2D eigenvalue weighted by Gasteiger charge is -1.97. The number of furan rings is 1. The molecule has 0 bridgehead atoms. The molecule has 0 aliphatic rings. The van der Waals surface area contributed by atoms with Crippen LogP contribution in [0.15, 0.2) is 92.7 Å². The molecular weight excluding hydrogens is 418 g/mol. The Balaban J connectivity index is 1.30. The lowest BCUT2D eigenvalue weighted by molar-refractivity contribution is -0.384. The summed E-state index contributed by atoms with van der Waals surface area (Å²) in [6, 6.07) is 23.5. The van der Waals surface area contributed by atoms with E-state index in [1.807, 2.05) is 36.4 Å². The topological polar surface area (TPSA) is 94.7 Å². The summed E-state index contributed by atoms with van der Waals surface area (Å²) in [4.78, 5) is 19.4. The average molecular weight is 437 g/mol. The van der Waals surface area contributed by atoms with Crippen molar-refractivity contribution in [2.75, 3.05) is 0 Å². The van der Waals surface area contributed by atoms with Crippen LogP contribution >= 0.6 is 0 Å². The minimum absolute atomic E-state index is 0.0408. The van der Waals surface area contributed by atoms with Crippen molar-refractivity contribution >= 4 is 28.7 Å². The number of hydrogen-bond donors (Lipinski definition) is 0. The average Bonchev–Trinajstić information content (AvgIpc) is 3.50. The Hall–Kier alpha value is -4.52. The Bertz CT molecular complexity index is 1460. The van der Waals surface area contributed by atoms with Crippen molar-refractivity contribution in [3.63, 3.8) is 0 Å². The molecule has 0 saturated heterocycles. The molecule has 0 aliphatic carbocycles. The van der Waals surface area contributed by atoms with Crippen LogP contribution < -0.4 is 0 Å². The SMILES string of the molecule is CCc1ccc2oc(-c3ccc(N=Cc4ccc(-c5ccc([N+](=O)[O-])cc5)o4)cc3)nc2c1. The number of fused-ring (bicyclic) bond motifs is 1. The van der Waals surface area contributed by atoms with Gasteiger partial charge in [-0.25, -0.2) is 4.98 Å². The van der Waals surface area contributed by atoms with Gasteiger partial charge in [-0.15, -0.1) is 0 Å². The fourth-order valence-corrected chi connectivity index (χ4v) is 3.47. The second-order valence-electron chi connectivity index (χ2n) is 7.49. The number of benzene rings is 3. The summed E-state index contributed by atoms with van der Waals surface area (Å²) in [5, 5.41) is 10.8. The molecule has 33 heavy (non-hydrogen) atoms. The highest BCUT2D eigenvalue weighted by atomic mass is 16.6. The van der Waals surface area contributed by atoms with Gasteiger partial charge in [0.25, 0.3) is 5.69 Å². The molecule has 0 unspecified atom stereocenters. The second kappa shape index (κ2) is 8.55. The predicted octanol–water partition coefficient (Wildman–Crippen LogP) is 6.98. The van der Waals surface area contributed by atoms with Crippen molar-refractivity contribution in [2.24, 2.45) is 4.99 Å². The highest BCUT2D eigenvalue weighted by Crippen LogP contribution is 2.27. The van der Waals surface area contributed by atoms with Gasteiger partial charge in [-0.05, 0) is 72.6 Å². The van der Waals surface area contributed by atoms with E-state index in [0.29, 0.717) is 17.4 Å². The lowest BCUT2D eigenvalue weighted by atomic mass is 10.1. The Morgan fingerprint density at radius 3 is 2.42 bits per heavy atom. The molecule has 0 fully saturated rings. The van der Waals surface area contributed by atoms with Crippen molar-refractivity contribution in [3.05, 3.63) is 100 Å². The van der Waals surface area contributed by atoms with Crippen LogP contribution in [-0.2, 0) is 6.42 Å². The standard InChI is InChI=1S/C26H19N3O4/c1-2-17-3-13-25-23(15-17)28-26(33-25)19-4-8-20(9-5-19)27-16-22-12-14-24(32-22)18-6-10-21(11-7-18)29(30)31/h3-16H,2H2,1H3. The van der Waals surface area contributed by atoms with Crippen molar-refractivity contribution in [2.45, 2.75) is 13.3 Å². The van der Waals surface area contributed by atoms with Gasteiger partial charge >= 0.3 is 0 Å². The largest absolute Gasteiger partial charge is 0.455 e. The molecule has 2 aromatic heterocycles. The summed E-state index contributed by atoms with van der Waals surface area (Å²) in [6.45, 7) is 2.11. The molecule has 162 valence electrons. The van der Waals surface area contributed by atoms with Crippen molar-refractivity contribution in [1.29, 1.82) is 0 Å². The zero-order chi connectivity index (χ0) is 22.8. The van der Waals surface area contributed by atoms with E-state index in [-0.39, 0.29) is 5.69 Å². The van der Waals surface area contributed by atoms with Crippen LogP contribution in [0.1, 0.15) is 18.2 Å². The van der Waals surface area contributed by atoms with E-state index in [0.717, 1.165) is 34.3 Å². The fraction of sp³-hybridized carbons (Fsp3) is 0.0769. The van der Waals surface area contributed by atoms with Crippen molar-refractivity contribution < 1.29 is 13.8 Å². The van der Waals surface area contributed by atoms with Crippen LogP contribution in [-0.4, -0.2) is 16.1 Å². The molecule has 0 aliphatic heterocycles. The third kappa shape index (κ3) is 4.29. The molecule has 3 aromatic carbocycles. The maximum absolute atomic E-state index is 10.8. The summed E-state index contributed by atoms with van der Waals surface area (Å²) >= 11 is 0. The maximum Gasteiger partial charge on any atom is 0.269 e. The van der Waals surface area contributed by atoms with E-state index < -0.39 is 4.92 Å². The van der Waals surface area contributed by atoms with Crippen molar-refractivity contribution in [1.82, 2.24) is 4.98 Å². The van der Waals surface area contributed by atoms with Crippen LogP contribution in [0.2, 0.25) is 0 Å². The van der Waals surface area contributed by atoms with Gasteiger partial charge in [0.15, 0.2) is 5.58 Å². The summed E-state index contributed by atoms with van der Waals surface area (Å²) in [5.41, 5.74) is 5.28. The Morgan fingerprint density at radius 2 is 1.70 bits per heavy atom. The summed E-state index contributed by atoms with van der Waals surface area (Å²) in [5.74, 6) is 1.77. The third-order valence-electron chi connectivity index (χ3n) is 5.30. The molecule has 0 amide bonds. The Labute approximate surface area is 189 Å². The van der Waals surface area contributed by atoms with Gasteiger partial charge in [0.05, 0.1) is 16.8 Å². The van der Waals surface area contributed by atoms with Crippen LogP contribution in [0.25, 0.3) is 33.9 Å². The van der Waals surface area contributed by atoms with Crippen LogP contribution in [0.3, 0.4) is 0 Å². The number of nitro groups is 1. The minimum atomic E-state index is -0.429. The Kier molecular flexibility index (Phi) is 5.28. The highest BCUT2D eigenvalue weighted by Gasteiger charge is 2.10. The van der Waals surface area contributed by atoms with Gasteiger partial charge in [-0.2, -0.15) is 0 Å². The zero-order valence-electron chi connectivity index (χ0n) is 17.8. The van der Waals surface area contributed by atoms with Gasteiger partial charge in [-0.1, -0.05) is 13.0 Å². The second-order valence-corrected chi connectivity index (χ2v) is 7.49. The smallest absolute Gasteiger partial charge is 0.269 e. The van der Waals surface area contributed by atoms with E-state index in [2.05, 4.69) is 29.0 Å². The first-order valence-electron chi connectivity index (χ1n) is 10.5. The number of hydrogen-bond acceptors (Lipinski definition) is 6. The minimum Gasteiger partial charge on any atom is -0.455 e. The van der Waals surface area contributed by atoms with Crippen LogP contribution in [0.4, 0.5) is 11.4 Å². The molecule has 7 heteroatoms. The zero-order valence-corrected chi connectivity index (χ0v) is 17.8. The van der Waals surface area contributed by atoms with Crippen molar-refractivity contribution in [3.8, 4) is 22.8 Å². The highest BCUT2D eigenvalue weighted by molar-refractivity contribution is 5.80. The predicted molar refractivity (Wildman–Crippen MR) is 127 cm³/mol. The number of aliphatic imine (C=N–C) groups is 1. The van der Waals surface area contributed by atoms with Gasteiger partial charge in [0.1, 0.15) is 17.0 Å².